The largest absolute Gasteiger partial charge is 0.443 e. The Balaban J connectivity index is 1.07. The maximum Gasteiger partial charge on any atom is 0.410 e. The summed E-state index contributed by atoms with van der Waals surface area (Å²) in [5.74, 6) is -0.186. The number of amides is 1. The van der Waals surface area contributed by atoms with E-state index in [1.807, 2.05) is 159 Å². The molecule has 4 unspecified atom stereocenters. The molecule has 10 atom stereocenters. The fourth-order valence-electron chi connectivity index (χ4n) is 8.27. The first-order valence-corrected chi connectivity index (χ1v) is 21.1. The van der Waals surface area contributed by atoms with Crippen LogP contribution in [0, 0.1) is 5.92 Å². The Labute approximate surface area is 358 Å². The van der Waals surface area contributed by atoms with Crippen molar-refractivity contribution < 1.29 is 47.4 Å². The van der Waals surface area contributed by atoms with E-state index < -0.39 is 61.3 Å². The molecule has 11 heteroatoms. The van der Waals surface area contributed by atoms with E-state index in [9.17, 15) is 4.79 Å². The zero-order chi connectivity index (χ0) is 41.8. The molecule has 0 aliphatic carbocycles. The van der Waals surface area contributed by atoms with Crippen LogP contribution >= 0.6 is 0 Å². The molecule has 0 radical (unpaired) electrons. The SMILES string of the molecule is CO[C@H]1OC(CO[C@H]2OC(COCc3ccccc3)[C@@H](C)[C@@H]3OC(=O)N(Cc4ccccc4)C23)[C@@H](OCc2ccccc2)[C@@H](OCc2ccccc2)C1OCc1ccccc1. The van der Waals surface area contributed by atoms with Crippen LogP contribution in [0.2, 0.25) is 0 Å². The normalized spacial score (nSPS) is 27.4. The number of ether oxygens (including phenoxy) is 9. The summed E-state index contributed by atoms with van der Waals surface area (Å²) < 4.78 is 59.1. The van der Waals surface area contributed by atoms with Crippen molar-refractivity contribution in [3.05, 3.63) is 179 Å². The first kappa shape index (κ1) is 42.7. The Morgan fingerprint density at radius 2 is 0.967 bits per heavy atom. The molecule has 61 heavy (non-hydrogen) atoms. The van der Waals surface area contributed by atoms with E-state index in [4.69, 9.17) is 42.6 Å². The Morgan fingerprint density at radius 3 is 1.49 bits per heavy atom. The Hall–Kier alpha value is -4.95. The van der Waals surface area contributed by atoms with Gasteiger partial charge in [-0.05, 0) is 27.8 Å². The third-order valence-electron chi connectivity index (χ3n) is 11.6. The van der Waals surface area contributed by atoms with Gasteiger partial charge in [0.2, 0.25) is 0 Å². The predicted octanol–water partition coefficient (Wildman–Crippen LogP) is 8.10. The van der Waals surface area contributed by atoms with Gasteiger partial charge in [0, 0.05) is 19.6 Å². The number of fused-ring (bicyclic) bond motifs is 1. The molecule has 11 nitrogen and oxygen atoms in total. The van der Waals surface area contributed by atoms with Crippen LogP contribution in [0.3, 0.4) is 0 Å². The van der Waals surface area contributed by atoms with Crippen LogP contribution in [0.4, 0.5) is 4.79 Å². The Kier molecular flexibility index (Phi) is 14.9. The highest BCUT2D eigenvalue weighted by Crippen LogP contribution is 2.39. The van der Waals surface area contributed by atoms with Crippen molar-refractivity contribution in [1.82, 2.24) is 4.90 Å². The lowest BCUT2D eigenvalue weighted by atomic mass is 9.89. The monoisotopic (exact) mass is 829 g/mol. The quantitative estimate of drug-likeness (QED) is 0.0812. The second kappa shape index (κ2) is 21.2. The van der Waals surface area contributed by atoms with Gasteiger partial charge < -0.3 is 42.6 Å². The molecule has 0 bridgehead atoms. The zero-order valence-corrected chi connectivity index (χ0v) is 34.7. The second-order valence-electron chi connectivity index (χ2n) is 15.8. The predicted molar refractivity (Wildman–Crippen MR) is 227 cm³/mol. The first-order chi connectivity index (χ1) is 30.0. The van der Waals surface area contributed by atoms with Crippen molar-refractivity contribution in [3.8, 4) is 0 Å². The molecular formula is C50H55NO10. The molecule has 1 amide bonds. The highest BCUT2D eigenvalue weighted by molar-refractivity contribution is 5.71. The summed E-state index contributed by atoms with van der Waals surface area (Å²) >= 11 is 0. The molecule has 3 aliphatic heterocycles. The van der Waals surface area contributed by atoms with Crippen LogP contribution in [-0.2, 0) is 75.6 Å². The van der Waals surface area contributed by atoms with Crippen LogP contribution < -0.4 is 0 Å². The number of hydrogen-bond donors (Lipinski definition) is 0. The summed E-state index contributed by atoms with van der Waals surface area (Å²) in [6.07, 6.45) is -5.79. The minimum Gasteiger partial charge on any atom is -0.443 e. The minimum atomic E-state index is -0.892. The van der Waals surface area contributed by atoms with Gasteiger partial charge in [-0.2, -0.15) is 0 Å². The summed E-state index contributed by atoms with van der Waals surface area (Å²) in [5.41, 5.74) is 5.01. The van der Waals surface area contributed by atoms with Gasteiger partial charge in [0.1, 0.15) is 36.6 Å². The molecule has 8 rings (SSSR count). The van der Waals surface area contributed by atoms with E-state index in [-0.39, 0.29) is 25.7 Å². The van der Waals surface area contributed by atoms with E-state index >= 15 is 0 Å². The van der Waals surface area contributed by atoms with Crippen LogP contribution in [0.1, 0.15) is 34.7 Å². The topological polar surface area (TPSA) is 103 Å². The van der Waals surface area contributed by atoms with E-state index in [0.29, 0.717) is 26.4 Å². The van der Waals surface area contributed by atoms with E-state index in [1.165, 1.54) is 0 Å². The highest BCUT2D eigenvalue weighted by atomic mass is 16.7. The molecule has 5 aromatic rings. The molecule has 0 N–H and O–H groups in total. The third kappa shape index (κ3) is 10.9. The maximum atomic E-state index is 13.7. The second-order valence-corrected chi connectivity index (χ2v) is 15.8. The molecule has 3 aliphatic rings. The smallest absolute Gasteiger partial charge is 0.410 e. The van der Waals surface area contributed by atoms with Gasteiger partial charge in [-0.1, -0.05) is 159 Å². The van der Waals surface area contributed by atoms with Crippen molar-refractivity contribution in [1.29, 1.82) is 0 Å². The maximum absolute atomic E-state index is 13.7. The molecule has 3 saturated heterocycles. The van der Waals surface area contributed by atoms with Gasteiger partial charge in [0.25, 0.3) is 0 Å². The van der Waals surface area contributed by atoms with Crippen LogP contribution in [0.15, 0.2) is 152 Å². The van der Waals surface area contributed by atoms with Crippen molar-refractivity contribution in [2.75, 3.05) is 20.3 Å². The summed E-state index contributed by atoms with van der Waals surface area (Å²) in [6.45, 7) is 3.98. The van der Waals surface area contributed by atoms with Gasteiger partial charge >= 0.3 is 6.09 Å². The van der Waals surface area contributed by atoms with Crippen LogP contribution in [0.25, 0.3) is 0 Å². The summed E-state index contributed by atoms with van der Waals surface area (Å²) in [7, 11) is 1.60. The zero-order valence-electron chi connectivity index (χ0n) is 34.7. The van der Waals surface area contributed by atoms with E-state index in [0.717, 1.165) is 27.8 Å². The number of nitrogens with zero attached hydrogens (tertiary/aromatic N) is 1. The number of rotatable bonds is 19. The number of benzene rings is 5. The third-order valence-corrected chi connectivity index (χ3v) is 11.6. The van der Waals surface area contributed by atoms with Gasteiger partial charge in [-0.25, -0.2) is 4.79 Å². The van der Waals surface area contributed by atoms with E-state index in [2.05, 4.69) is 0 Å². The van der Waals surface area contributed by atoms with Gasteiger partial charge in [0.15, 0.2) is 12.6 Å². The average Bonchev–Trinajstić information content (AvgIpc) is 3.64. The number of carbonyl (C=O) groups excluding carboxylic acids is 1. The Morgan fingerprint density at radius 1 is 0.508 bits per heavy atom. The molecule has 5 aromatic carbocycles. The van der Waals surface area contributed by atoms with Crippen LogP contribution in [0.5, 0.6) is 0 Å². The number of carbonyl (C=O) groups is 1. The van der Waals surface area contributed by atoms with Gasteiger partial charge in [-0.3, -0.25) is 4.90 Å². The standard InChI is InChI=1S/C50H55NO10/c1-35-41(33-54-29-37-20-10-4-11-21-37)59-48(43-44(35)61-50(52)51(43)28-36-18-8-3-9-19-36)58-34-42-45(55-30-38-22-12-5-13-23-38)46(56-31-39-24-14-6-15-25-39)47(49(53-2)60-42)57-32-40-26-16-7-17-27-40/h3-27,35,41-49H,28-34H2,1-2H3/t35-,41?,42?,43?,44+,45-,46-,47?,48+,49+/m1/s1. The van der Waals surface area contributed by atoms with E-state index in [1.54, 1.807) is 12.0 Å². The summed E-state index contributed by atoms with van der Waals surface area (Å²) in [4.78, 5) is 15.4. The number of hydrogen-bond acceptors (Lipinski definition) is 10. The molecule has 0 spiro atoms. The fraction of sp³-hybridized carbons (Fsp3) is 0.380. The van der Waals surface area contributed by atoms with Crippen LogP contribution in [-0.4, -0.2) is 86.6 Å². The molecule has 3 fully saturated rings. The van der Waals surface area contributed by atoms with Crippen molar-refractivity contribution >= 4 is 6.09 Å². The molecule has 0 saturated carbocycles. The Bertz CT molecular complexity index is 2050. The minimum absolute atomic E-state index is 0.0170. The van der Waals surface area contributed by atoms with Crippen molar-refractivity contribution in [2.45, 2.75) is 95.1 Å². The lowest BCUT2D eigenvalue weighted by Crippen LogP contribution is -2.63. The van der Waals surface area contributed by atoms with Crippen molar-refractivity contribution in [2.24, 2.45) is 5.92 Å². The molecule has 0 aromatic heterocycles. The molecule has 320 valence electrons. The lowest BCUT2D eigenvalue weighted by Gasteiger charge is -2.47. The molecular weight excluding hydrogens is 775 g/mol. The van der Waals surface area contributed by atoms with Gasteiger partial charge in [-0.15, -0.1) is 0 Å². The van der Waals surface area contributed by atoms with Gasteiger partial charge in [0.05, 0.1) is 45.7 Å². The average molecular weight is 830 g/mol. The highest BCUT2D eigenvalue weighted by Gasteiger charge is 2.56. The summed E-state index contributed by atoms with van der Waals surface area (Å²) in [5, 5.41) is 0. The fourth-order valence-corrected chi connectivity index (χ4v) is 8.27. The molecule has 3 heterocycles. The van der Waals surface area contributed by atoms with Crippen molar-refractivity contribution in [3.63, 3.8) is 0 Å². The first-order valence-electron chi connectivity index (χ1n) is 21.1. The summed E-state index contributed by atoms with van der Waals surface area (Å²) in [6, 6.07) is 49.2. The number of methoxy groups -OCH3 is 1. The lowest BCUT2D eigenvalue weighted by molar-refractivity contribution is -0.333.